The maximum Gasteiger partial charge on any atom is 0.302 e. The minimum Gasteiger partial charge on any atom is -0.438 e. The molecule has 0 aliphatic rings. The van der Waals surface area contributed by atoms with Crippen molar-refractivity contribution in [3.8, 4) is 23.0 Å². The molecule has 252 valence electrons. The zero-order chi connectivity index (χ0) is 33.8. The third-order valence-corrected chi connectivity index (χ3v) is 12.7. The van der Waals surface area contributed by atoms with E-state index >= 15 is 0 Å². The molecule has 4 nitrogen and oxygen atoms in total. The summed E-state index contributed by atoms with van der Waals surface area (Å²) in [4.78, 5) is 0. The van der Waals surface area contributed by atoms with Gasteiger partial charge in [0.1, 0.15) is 28.9 Å². The maximum atomic E-state index is 6.94. The average Bonchev–Trinajstić information content (AvgIpc) is 3.11. The third kappa shape index (κ3) is 9.98. The summed E-state index contributed by atoms with van der Waals surface area (Å²) in [5.41, 5.74) is 4.77. The molecule has 4 atom stereocenters. The quantitative estimate of drug-likeness (QED) is 0.0986. The molecule has 0 saturated carbocycles. The van der Waals surface area contributed by atoms with E-state index in [1.165, 1.54) is 22.3 Å². The third-order valence-electron chi connectivity index (χ3n) is 9.28. The Morgan fingerprint density at radius 2 is 0.596 bits per heavy atom. The van der Waals surface area contributed by atoms with Gasteiger partial charge in [0.25, 0.3) is 0 Å². The van der Waals surface area contributed by atoms with Crippen LogP contribution in [-0.2, 0) is 0 Å². The molecule has 4 aromatic carbocycles. The fourth-order valence-corrected chi connectivity index (χ4v) is 8.74. The number of para-hydroxylation sites is 4. The smallest absolute Gasteiger partial charge is 0.302 e. The average molecular weight is 673 g/mol. The lowest BCUT2D eigenvalue weighted by Crippen LogP contribution is -2.09. The Bertz CT molecular complexity index is 1300. The summed E-state index contributed by atoms with van der Waals surface area (Å²) in [6.07, 6.45) is 4.09. The summed E-state index contributed by atoms with van der Waals surface area (Å²) >= 11 is 0. The standard InChI is InChI=1S/C41H54O4P2/c1-9-30(5)34-21-13-17-25-38(34)42-46(43-39-26-18-14-22-35(39)31(6)10-2)29-47(44-40-27-19-15-23-36(40)32(7)11-3)45-41-28-20-16-24-37(41)33(8)12-4/h13-28,30-33H,9-12,29H2,1-8H3. The number of benzene rings is 4. The maximum absolute atomic E-state index is 6.94. The fraction of sp³-hybridized carbons (Fsp3) is 0.415. The minimum absolute atomic E-state index is 0.356. The van der Waals surface area contributed by atoms with Gasteiger partial charge in [-0.05, 0) is 95.9 Å². The van der Waals surface area contributed by atoms with Crippen molar-refractivity contribution in [3.05, 3.63) is 119 Å². The van der Waals surface area contributed by atoms with E-state index in [0.29, 0.717) is 29.6 Å². The molecule has 4 aromatic rings. The van der Waals surface area contributed by atoms with Gasteiger partial charge in [0, 0.05) is 0 Å². The Morgan fingerprint density at radius 1 is 0.383 bits per heavy atom. The van der Waals surface area contributed by atoms with Crippen molar-refractivity contribution in [1.29, 1.82) is 0 Å². The van der Waals surface area contributed by atoms with Crippen molar-refractivity contribution >= 4 is 16.8 Å². The summed E-state index contributed by atoms with van der Waals surface area (Å²) in [6, 6.07) is 33.5. The molecule has 0 N–H and O–H groups in total. The first-order chi connectivity index (χ1) is 22.8. The molecule has 0 heterocycles. The van der Waals surface area contributed by atoms with Gasteiger partial charge in [-0.25, -0.2) is 0 Å². The van der Waals surface area contributed by atoms with Crippen LogP contribution in [0.1, 0.15) is 127 Å². The Kier molecular flexibility index (Phi) is 14.5. The Labute approximate surface area is 287 Å². The molecule has 0 spiro atoms. The van der Waals surface area contributed by atoms with Gasteiger partial charge in [0.15, 0.2) is 0 Å². The highest BCUT2D eigenvalue weighted by atomic mass is 31.2. The predicted octanol–water partition coefficient (Wildman–Crippen LogP) is 13.9. The van der Waals surface area contributed by atoms with Crippen LogP contribution in [0.15, 0.2) is 97.1 Å². The lowest BCUT2D eigenvalue weighted by atomic mass is 9.98. The first-order valence-corrected chi connectivity index (χ1v) is 20.1. The van der Waals surface area contributed by atoms with Crippen LogP contribution >= 0.6 is 16.8 Å². The molecule has 4 unspecified atom stereocenters. The van der Waals surface area contributed by atoms with E-state index in [2.05, 4.69) is 128 Å². The molecule has 0 aromatic heterocycles. The minimum atomic E-state index is -1.52. The van der Waals surface area contributed by atoms with Crippen LogP contribution in [0.2, 0.25) is 0 Å². The summed E-state index contributed by atoms with van der Waals surface area (Å²) in [7, 11) is -3.03. The van der Waals surface area contributed by atoms with Crippen LogP contribution in [0.25, 0.3) is 0 Å². The van der Waals surface area contributed by atoms with E-state index in [4.69, 9.17) is 18.1 Å². The number of hydrogen-bond acceptors (Lipinski definition) is 4. The van der Waals surface area contributed by atoms with E-state index in [-0.39, 0.29) is 0 Å². The molecule has 0 aliphatic carbocycles. The highest BCUT2D eigenvalue weighted by molar-refractivity contribution is 7.65. The molecule has 0 saturated heterocycles. The number of hydrogen-bond donors (Lipinski definition) is 0. The second-order valence-corrected chi connectivity index (χ2v) is 15.8. The molecular formula is C41H54O4P2. The molecule has 0 bridgehead atoms. The zero-order valence-corrected chi connectivity index (χ0v) is 31.4. The van der Waals surface area contributed by atoms with E-state index in [1.54, 1.807) is 0 Å². The van der Waals surface area contributed by atoms with Crippen molar-refractivity contribution in [2.75, 3.05) is 5.90 Å². The zero-order valence-electron chi connectivity index (χ0n) is 29.6. The van der Waals surface area contributed by atoms with Crippen LogP contribution in [-0.4, -0.2) is 5.90 Å². The second kappa shape index (κ2) is 18.5. The van der Waals surface area contributed by atoms with Gasteiger partial charge < -0.3 is 18.1 Å². The lowest BCUT2D eigenvalue weighted by molar-refractivity contribution is 0.463. The van der Waals surface area contributed by atoms with Crippen LogP contribution in [0.3, 0.4) is 0 Å². The molecule has 0 aliphatic heterocycles. The Hall–Kier alpha value is -3.06. The van der Waals surface area contributed by atoms with E-state index in [9.17, 15) is 0 Å². The van der Waals surface area contributed by atoms with Gasteiger partial charge in [-0.2, -0.15) is 0 Å². The van der Waals surface area contributed by atoms with Crippen LogP contribution in [0, 0.1) is 0 Å². The Balaban J connectivity index is 1.79. The van der Waals surface area contributed by atoms with Crippen LogP contribution < -0.4 is 18.1 Å². The predicted molar refractivity (Wildman–Crippen MR) is 202 cm³/mol. The largest absolute Gasteiger partial charge is 0.438 e. The van der Waals surface area contributed by atoms with Crippen LogP contribution in [0.4, 0.5) is 0 Å². The molecule has 0 radical (unpaired) electrons. The van der Waals surface area contributed by atoms with E-state index in [0.717, 1.165) is 48.7 Å². The summed E-state index contributed by atoms with van der Waals surface area (Å²) in [5.74, 6) is 5.35. The molecule has 0 amide bonds. The topological polar surface area (TPSA) is 36.9 Å². The van der Waals surface area contributed by atoms with Gasteiger partial charge in [0.2, 0.25) is 0 Å². The molecule has 4 rings (SSSR count). The fourth-order valence-electron chi connectivity index (χ4n) is 5.45. The normalized spacial score (nSPS) is 15.1. The Morgan fingerprint density at radius 3 is 0.809 bits per heavy atom. The molecule has 47 heavy (non-hydrogen) atoms. The van der Waals surface area contributed by atoms with Crippen molar-refractivity contribution in [2.45, 2.75) is 105 Å². The summed E-state index contributed by atoms with van der Waals surface area (Å²) < 4.78 is 27.8. The van der Waals surface area contributed by atoms with Gasteiger partial charge in [0.05, 0.1) is 0 Å². The van der Waals surface area contributed by atoms with E-state index in [1.807, 2.05) is 24.3 Å². The van der Waals surface area contributed by atoms with E-state index < -0.39 is 16.8 Å². The highest BCUT2D eigenvalue weighted by Crippen LogP contribution is 2.56. The van der Waals surface area contributed by atoms with Gasteiger partial charge in [-0.3, -0.25) is 0 Å². The molecule has 6 heteroatoms. The van der Waals surface area contributed by atoms with Gasteiger partial charge in [-0.1, -0.05) is 128 Å². The monoisotopic (exact) mass is 672 g/mol. The highest BCUT2D eigenvalue weighted by Gasteiger charge is 2.30. The van der Waals surface area contributed by atoms with Crippen molar-refractivity contribution in [1.82, 2.24) is 0 Å². The summed E-state index contributed by atoms with van der Waals surface area (Å²) in [5, 5.41) is 0. The van der Waals surface area contributed by atoms with Crippen molar-refractivity contribution in [3.63, 3.8) is 0 Å². The van der Waals surface area contributed by atoms with Gasteiger partial charge in [-0.15, -0.1) is 0 Å². The number of rotatable bonds is 18. The van der Waals surface area contributed by atoms with Crippen molar-refractivity contribution < 1.29 is 18.1 Å². The van der Waals surface area contributed by atoms with Crippen LogP contribution in [0.5, 0.6) is 23.0 Å². The van der Waals surface area contributed by atoms with Gasteiger partial charge >= 0.3 is 16.8 Å². The first-order valence-electron chi connectivity index (χ1n) is 17.4. The summed E-state index contributed by atoms with van der Waals surface area (Å²) in [6.45, 7) is 17.9. The van der Waals surface area contributed by atoms with Crippen molar-refractivity contribution in [2.24, 2.45) is 0 Å². The first kappa shape index (κ1) is 36.8. The molecular weight excluding hydrogens is 618 g/mol. The molecule has 0 fully saturated rings. The second-order valence-electron chi connectivity index (χ2n) is 12.6. The lowest BCUT2D eigenvalue weighted by Gasteiger charge is -2.28. The SMILES string of the molecule is CCC(C)c1ccccc1OP(CP(Oc1ccccc1C(C)CC)Oc1ccccc1C(C)CC)Oc1ccccc1C(C)CC.